The Morgan fingerprint density at radius 2 is 1.95 bits per heavy atom. The Hall–Kier alpha value is -1.03. The van der Waals surface area contributed by atoms with Gasteiger partial charge in [0.15, 0.2) is 5.65 Å². The Bertz CT molecular complexity index is 541. The fourth-order valence-electron chi connectivity index (χ4n) is 2.52. The highest BCUT2D eigenvalue weighted by Gasteiger charge is 2.18. The third-order valence-electron chi connectivity index (χ3n) is 3.41. The van der Waals surface area contributed by atoms with E-state index in [1.807, 2.05) is 11.7 Å². The van der Waals surface area contributed by atoms with E-state index in [1.54, 1.807) is 0 Å². The zero-order valence-electron chi connectivity index (χ0n) is 12.1. The molecule has 0 spiro atoms. The van der Waals surface area contributed by atoms with Crippen LogP contribution in [-0.4, -0.2) is 25.2 Å². The number of hydrogen-bond donors (Lipinski definition) is 0. The second-order valence-electron chi connectivity index (χ2n) is 4.96. The van der Waals surface area contributed by atoms with Crippen LogP contribution in [0.5, 0.6) is 0 Å². The van der Waals surface area contributed by atoms with Crippen molar-refractivity contribution < 1.29 is 0 Å². The molecular formula is C14H23ClN4. The Labute approximate surface area is 119 Å². The van der Waals surface area contributed by atoms with Crippen LogP contribution in [0.3, 0.4) is 0 Å². The number of hydrogen-bond acceptors (Lipinski definition) is 2. The predicted octanol–water partition coefficient (Wildman–Crippen LogP) is 3.30. The summed E-state index contributed by atoms with van der Waals surface area (Å²) < 4.78 is 4.27. The molecule has 0 saturated heterocycles. The zero-order chi connectivity index (χ0) is 13.8. The number of rotatable bonds is 7. The van der Waals surface area contributed by atoms with Crippen LogP contribution >= 0.6 is 11.6 Å². The van der Waals surface area contributed by atoms with Gasteiger partial charge in [0.25, 0.3) is 0 Å². The van der Waals surface area contributed by atoms with Crippen molar-refractivity contribution >= 4 is 22.8 Å². The normalized spacial score (nSPS) is 11.6. The van der Waals surface area contributed by atoms with Crippen LogP contribution in [0.15, 0.2) is 0 Å². The number of fused-ring (bicyclic) bond motifs is 1. The van der Waals surface area contributed by atoms with Gasteiger partial charge in [-0.05, 0) is 12.8 Å². The van der Waals surface area contributed by atoms with E-state index in [-0.39, 0.29) is 0 Å². The summed E-state index contributed by atoms with van der Waals surface area (Å²) in [5.74, 6) is 1.72. The van der Waals surface area contributed by atoms with Gasteiger partial charge in [-0.3, -0.25) is 4.68 Å². The summed E-state index contributed by atoms with van der Waals surface area (Å²) >= 11 is 5.90. The van der Waals surface area contributed by atoms with Gasteiger partial charge in [-0.15, -0.1) is 11.6 Å². The highest BCUT2D eigenvalue weighted by Crippen LogP contribution is 2.22. The van der Waals surface area contributed by atoms with Crippen LogP contribution < -0.4 is 0 Å². The summed E-state index contributed by atoms with van der Waals surface area (Å²) in [5.41, 5.74) is 3.34. The van der Waals surface area contributed by atoms with E-state index in [4.69, 9.17) is 16.6 Å². The highest BCUT2D eigenvalue weighted by atomic mass is 35.5. The number of nitrogens with zero attached hydrogens (tertiary/aromatic N) is 4. The molecule has 2 aromatic rings. The van der Waals surface area contributed by atoms with Crippen LogP contribution in [0.2, 0.25) is 0 Å². The van der Waals surface area contributed by atoms with Gasteiger partial charge >= 0.3 is 0 Å². The number of halogens is 1. The van der Waals surface area contributed by atoms with E-state index in [0.29, 0.717) is 5.88 Å². The highest BCUT2D eigenvalue weighted by molar-refractivity contribution is 6.17. The quantitative estimate of drug-likeness (QED) is 0.731. The molecule has 0 aromatic carbocycles. The minimum Gasteiger partial charge on any atom is -0.313 e. The zero-order valence-corrected chi connectivity index (χ0v) is 12.9. The van der Waals surface area contributed by atoms with Crippen LogP contribution in [0.4, 0.5) is 0 Å². The minimum absolute atomic E-state index is 0.617. The lowest BCUT2D eigenvalue weighted by atomic mass is 10.2. The first kappa shape index (κ1) is 14.4. The molecule has 0 aliphatic rings. The first-order valence-corrected chi connectivity index (χ1v) is 7.73. The molecular weight excluding hydrogens is 260 g/mol. The maximum atomic E-state index is 5.90. The van der Waals surface area contributed by atoms with Gasteiger partial charge in [-0.25, -0.2) is 4.98 Å². The second-order valence-corrected chi connectivity index (χ2v) is 5.34. The SMILES string of the molecule is CCCCn1c(CCCl)nc2c(CCC)nn(C)c21. The van der Waals surface area contributed by atoms with Crippen molar-refractivity contribution in [2.24, 2.45) is 7.05 Å². The van der Waals surface area contributed by atoms with Crippen LogP contribution in [-0.2, 0) is 26.4 Å². The average molecular weight is 283 g/mol. The molecule has 2 rings (SSSR count). The smallest absolute Gasteiger partial charge is 0.158 e. The summed E-state index contributed by atoms with van der Waals surface area (Å²) in [6.07, 6.45) is 5.25. The van der Waals surface area contributed by atoms with Crippen molar-refractivity contribution in [2.75, 3.05) is 5.88 Å². The van der Waals surface area contributed by atoms with E-state index in [9.17, 15) is 0 Å². The van der Waals surface area contributed by atoms with Crippen LogP contribution in [0.25, 0.3) is 11.2 Å². The van der Waals surface area contributed by atoms with Crippen molar-refractivity contribution in [2.45, 2.75) is 52.5 Å². The molecule has 0 radical (unpaired) electrons. The molecule has 4 nitrogen and oxygen atoms in total. The fourth-order valence-corrected chi connectivity index (χ4v) is 2.69. The summed E-state index contributed by atoms with van der Waals surface area (Å²) in [4.78, 5) is 4.79. The molecule has 5 heteroatoms. The van der Waals surface area contributed by atoms with Crippen molar-refractivity contribution in [3.05, 3.63) is 11.5 Å². The van der Waals surface area contributed by atoms with Crippen molar-refractivity contribution in [1.82, 2.24) is 19.3 Å². The van der Waals surface area contributed by atoms with Gasteiger partial charge < -0.3 is 4.57 Å². The van der Waals surface area contributed by atoms with E-state index in [1.165, 1.54) is 6.42 Å². The lowest BCUT2D eigenvalue weighted by Crippen LogP contribution is -2.08. The monoisotopic (exact) mass is 282 g/mol. The molecule has 0 unspecified atom stereocenters. The summed E-state index contributed by atoms with van der Waals surface area (Å²) in [7, 11) is 2.01. The molecule has 0 fully saturated rings. The predicted molar refractivity (Wildman–Crippen MR) is 79.8 cm³/mol. The molecule has 2 aromatic heterocycles. The molecule has 0 N–H and O–H groups in total. The van der Waals surface area contributed by atoms with Gasteiger partial charge in [-0.1, -0.05) is 26.7 Å². The van der Waals surface area contributed by atoms with Gasteiger partial charge in [0.1, 0.15) is 11.3 Å². The summed E-state index contributed by atoms with van der Waals surface area (Å²) in [6.45, 7) is 5.39. The van der Waals surface area contributed by atoms with Crippen molar-refractivity contribution in [1.29, 1.82) is 0 Å². The molecule has 0 saturated carbocycles. The first-order chi connectivity index (χ1) is 9.22. The van der Waals surface area contributed by atoms with Crippen LogP contribution in [0, 0.1) is 0 Å². The molecule has 106 valence electrons. The van der Waals surface area contributed by atoms with Gasteiger partial charge in [0, 0.05) is 25.9 Å². The van der Waals surface area contributed by atoms with Crippen LogP contribution in [0.1, 0.15) is 44.6 Å². The molecule has 0 amide bonds. The largest absolute Gasteiger partial charge is 0.313 e. The Morgan fingerprint density at radius 1 is 1.16 bits per heavy atom. The molecule has 0 atom stereocenters. The molecule has 2 heterocycles. The van der Waals surface area contributed by atoms with E-state index in [0.717, 1.165) is 54.9 Å². The van der Waals surface area contributed by atoms with Crippen molar-refractivity contribution in [3.63, 3.8) is 0 Å². The molecule has 0 bridgehead atoms. The summed E-state index contributed by atoms with van der Waals surface area (Å²) in [6, 6.07) is 0. The fraction of sp³-hybridized carbons (Fsp3) is 0.714. The number of imidazole rings is 1. The third-order valence-corrected chi connectivity index (χ3v) is 3.60. The Balaban J connectivity index is 2.50. The van der Waals surface area contributed by atoms with E-state index in [2.05, 4.69) is 23.5 Å². The van der Waals surface area contributed by atoms with Crippen molar-refractivity contribution in [3.8, 4) is 0 Å². The molecule has 19 heavy (non-hydrogen) atoms. The van der Waals surface area contributed by atoms with Gasteiger partial charge in [0.05, 0.1) is 5.69 Å². The standard InChI is InChI=1S/C14H23ClN4/c1-4-6-10-19-12(8-9-15)16-13-11(7-5-2)17-18(3)14(13)19/h4-10H2,1-3H3. The van der Waals surface area contributed by atoms with Gasteiger partial charge in [-0.2, -0.15) is 5.10 Å². The maximum Gasteiger partial charge on any atom is 0.158 e. The number of alkyl halides is 1. The third kappa shape index (κ3) is 2.78. The lowest BCUT2D eigenvalue weighted by molar-refractivity contribution is 0.599. The number of unbranched alkanes of at least 4 members (excludes halogenated alkanes) is 1. The number of aromatic nitrogens is 4. The minimum atomic E-state index is 0.617. The number of aryl methyl sites for hydroxylation is 4. The van der Waals surface area contributed by atoms with E-state index < -0.39 is 0 Å². The van der Waals surface area contributed by atoms with E-state index >= 15 is 0 Å². The topological polar surface area (TPSA) is 35.6 Å². The Kier molecular flexibility index (Phi) is 4.86. The first-order valence-electron chi connectivity index (χ1n) is 7.19. The Morgan fingerprint density at radius 3 is 2.58 bits per heavy atom. The molecule has 0 aliphatic carbocycles. The maximum absolute atomic E-state index is 5.90. The average Bonchev–Trinajstić information content (AvgIpc) is 2.88. The molecule has 0 aliphatic heterocycles. The second kappa shape index (κ2) is 6.42. The van der Waals surface area contributed by atoms with Gasteiger partial charge in [0.2, 0.25) is 0 Å². The summed E-state index contributed by atoms with van der Waals surface area (Å²) in [5, 5.41) is 4.61. The lowest BCUT2D eigenvalue weighted by Gasteiger charge is -2.07.